The van der Waals surface area contributed by atoms with Gasteiger partial charge in [0.15, 0.2) is 5.78 Å². The predicted molar refractivity (Wildman–Crippen MR) is 145 cm³/mol. The van der Waals surface area contributed by atoms with Gasteiger partial charge in [-0.2, -0.15) is 0 Å². The number of Topliss-reactive ketones (excluding diaryl/α,β-unsaturated/α-hetero) is 1. The first kappa shape index (κ1) is 27.6. The fraction of sp³-hybridized carbons (Fsp3) is 0.690. The lowest BCUT2D eigenvalue weighted by Crippen LogP contribution is -2.48. The predicted octanol–water partition coefficient (Wildman–Crippen LogP) is 3.04. The van der Waals surface area contributed by atoms with E-state index < -0.39 is 23.3 Å². The molecule has 3 heterocycles. The Hall–Kier alpha value is -2.45. The molecule has 0 aliphatic carbocycles. The molecule has 2 amide bonds. The van der Waals surface area contributed by atoms with Gasteiger partial charge in [0.1, 0.15) is 12.6 Å². The lowest BCUT2D eigenvalue weighted by Gasteiger charge is -2.39. The van der Waals surface area contributed by atoms with Crippen LogP contribution in [0.5, 0.6) is 0 Å². The van der Waals surface area contributed by atoms with Crippen molar-refractivity contribution in [3.05, 3.63) is 29.3 Å². The molecule has 1 aromatic rings. The lowest BCUT2D eigenvalue weighted by atomic mass is 9.71. The molecule has 0 spiro atoms. The molecule has 4 atom stereocenters. The summed E-state index contributed by atoms with van der Waals surface area (Å²) in [5.74, 6) is -1.15. The Morgan fingerprint density at radius 2 is 1.84 bits per heavy atom. The minimum atomic E-state index is -0.606. The van der Waals surface area contributed by atoms with E-state index in [-0.39, 0.29) is 30.3 Å². The number of ether oxygens (including phenoxy) is 1. The van der Waals surface area contributed by atoms with Crippen LogP contribution >= 0.6 is 0 Å². The van der Waals surface area contributed by atoms with Crippen molar-refractivity contribution in [2.24, 2.45) is 17.1 Å². The highest BCUT2D eigenvalue weighted by atomic mass is 16.5. The van der Waals surface area contributed by atoms with Crippen molar-refractivity contribution in [3.63, 3.8) is 0 Å². The number of benzene rings is 1. The van der Waals surface area contributed by atoms with Crippen molar-refractivity contribution in [2.75, 3.05) is 50.8 Å². The van der Waals surface area contributed by atoms with Crippen LogP contribution in [0.15, 0.2) is 18.2 Å². The molecule has 2 N–H and O–H groups in total. The van der Waals surface area contributed by atoms with E-state index in [4.69, 9.17) is 10.5 Å². The second-order valence-corrected chi connectivity index (χ2v) is 11.6. The molecule has 37 heavy (non-hydrogen) atoms. The standard InChI is InChI=1S/C29H44N4O4/c1-6-11-31-12-14-32(15-13-31)20-9-10-21(27(30)35)22(16-20)24(29(4,5)8-3)28(36)33-17-19(7-2)26-25(33)23(34)18-37-26/h9-10,16,19,24-26H,6-8,11-15,17-18H2,1-5H3,(H2,30,35)/t19-,24+,25-,26-/m1/s1. The first-order chi connectivity index (χ1) is 17.6. The van der Waals surface area contributed by atoms with E-state index in [0.29, 0.717) is 17.7 Å². The summed E-state index contributed by atoms with van der Waals surface area (Å²) in [6.45, 7) is 15.9. The number of fused-ring (bicyclic) bond motifs is 1. The SMILES string of the molecule is CCCN1CCN(c2ccc(C(N)=O)c([C@@H](C(=O)N3C[C@@H](CC)[C@H]4OCC(=O)[C@H]43)C(C)(C)CC)c2)CC1. The lowest BCUT2D eigenvalue weighted by molar-refractivity contribution is -0.140. The van der Waals surface area contributed by atoms with Crippen LogP contribution in [-0.2, 0) is 14.3 Å². The monoisotopic (exact) mass is 512 g/mol. The van der Waals surface area contributed by atoms with Gasteiger partial charge in [-0.25, -0.2) is 0 Å². The molecule has 1 aromatic carbocycles. The number of piperazine rings is 1. The van der Waals surface area contributed by atoms with Crippen LogP contribution in [0.1, 0.15) is 75.7 Å². The zero-order chi connectivity index (χ0) is 26.9. The van der Waals surface area contributed by atoms with Crippen LogP contribution in [0.2, 0.25) is 0 Å². The first-order valence-corrected chi connectivity index (χ1v) is 14.0. The number of carbonyl (C=O) groups excluding carboxylic acids is 3. The third kappa shape index (κ3) is 5.28. The third-order valence-electron chi connectivity index (χ3n) is 8.93. The highest BCUT2D eigenvalue weighted by molar-refractivity contribution is 5.99. The Bertz CT molecular complexity index is 1020. The molecule has 3 aliphatic heterocycles. The molecule has 204 valence electrons. The van der Waals surface area contributed by atoms with Gasteiger partial charge >= 0.3 is 0 Å². The molecule has 4 rings (SSSR count). The number of amides is 2. The molecule has 0 saturated carbocycles. The number of ketones is 1. The van der Waals surface area contributed by atoms with Gasteiger partial charge in [-0.1, -0.05) is 34.6 Å². The van der Waals surface area contributed by atoms with Crippen molar-refractivity contribution in [2.45, 2.75) is 71.9 Å². The van der Waals surface area contributed by atoms with E-state index in [9.17, 15) is 14.4 Å². The summed E-state index contributed by atoms with van der Waals surface area (Å²) < 4.78 is 5.83. The van der Waals surface area contributed by atoms with E-state index >= 15 is 0 Å². The largest absolute Gasteiger partial charge is 0.369 e. The van der Waals surface area contributed by atoms with Crippen LogP contribution in [0, 0.1) is 11.3 Å². The Labute approximate surface area is 221 Å². The minimum Gasteiger partial charge on any atom is -0.369 e. The Morgan fingerprint density at radius 1 is 1.14 bits per heavy atom. The summed E-state index contributed by atoms with van der Waals surface area (Å²) in [5, 5.41) is 0. The molecular formula is C29H44N4O4. The van der Waals surface area contributed by atoms with Crippen molar-refractivity contribution in [1.29, 1.82) is 0 Å². The normalized spacial score (nSPS) is 25.4. The second-order valence-electron chi connectivity index (χ2n) is 11.6. The number of carbonyl (C=O) groups is 3. The van der Waals surface area contributed by atoms with Crippen molar-refractivity contribution in [1.82, 2.24) is 9.80 Å². The average molecular weight is 513 g/mol. The number of likely N-dealkylation sites (tertiary alicyclic amines) is 1. The number of anilines is 1. The zero-order valence-electron chi connectivity index (χ0n) is 23.2. The van der Waals surface area contributed by atoms with Crippen molar-refractivity contribution in [3.8, 4) is 0 Å². The number of nitrogens with zero attached hydrogens (tertiary/aromatic N) is 3. The van der Waals surface area contributed by atoms with Gasteiger partial charge in [0.2, 0.25) is 11.8 Å². The van der Waals surface area contributed by atoms with Gasteiger partial charge < -0.3 is 20.3 Å². The van der Waals surface area contributed by atoms with E-state index in [2.05, 4.69) is 44.4 Å². The maximum Gasteiger partial charge on any atom is 0.249 e. The van der Waals surface area contributed by atoms with Crippen LogP contribution in [0.25, 0.3) is 0 Å². The van der Waals surface area contributed by atoms with Gasteiger partial charge in [-0.3, -0.25) is 19.3 Å². The maximum absolute atomic E-state index is 14.4. The van der Waals surface area contributed by atoms with E-state index in [1.807, 2.05) is 12.1 Å². The van der Waals surface area contributed by atoms with Crippen LogP contribution in [0.4, 0.5) is 5.69 Å². The Morgan fingerprint density at radius 3 is 2.43 bits per heavy atom. The van der Waals surface area contributed by atoms with Crippen molar-refractivity contribution >= 4 is 23.3 Å². The molecule has 0 radical (unpaired) electrons. The van der Waals surface area contributed by atoms with Gasteiger partial charge in [-0.15, -0.1) is 0 Å². The third-order valence-corrected chi connectivity index (χ3v) is 8.93. The second kappa shape index (κ2) is 11.1. The molecule has 0 aromatic heterocycles. The highest BCUT2D eigenvalue weighted by Gasteiger charge is 2.54. The number of hydrogen-bond acceptors (Lipinski definition) is 6. The van der Waals surface area contributed by atoms with E-state index in [1.54, 1.807) is 11.0 Å². The van der Waals surface area contributed by atoms with Gasteiger partial charge in [0, 0.05) is 49.9 Å². The van der Waals surface area contributed by atoms with Gasteiger partial charge in [-0.05, 0) is 55.0 Å². The molecule has 0 bridgehead atoms. The Kier molecular flexibility index (Phi) is 8.29. The fourth-order valence-electron chi connectivity index (χ4n) is 6.36. The van der Waals surface area contributed by atoms with Crippen LogP contribution in [0.3, 0.4) is 0 Å². The average Bonchev–Trinajstić information content (AvgIpc) is 3.44. The summed E-state index contributed by atoms with van der Waals surface area (Å²) in [5.41, 5.74) is 7.46. The number of nitrogens with two attached hydrogens (primary N) is 1. The summed E-state index contributed by atoms with van der Waals surface area (Å²) >= 11 is 0. The quantitative estimate of drug-likeness (QED) is 0.546. The minimum absolute atomic E-state index is 0.0313. The molecule has 0 unspecified atom stereocenters. The molecule has 3 saturated heterocycles. The highest BCUT2D eigenvalue weighted by Crippen LogP contribution is 2.45. The molecular weight excluding hydrogens is 468 g/mol. The van der Waals surface area contributed by atoms with Gasteiger partial charge in [0.25, 0.3) is 0 Å². The zero-order valence-corrected chi connectivity index (χ0v) is 23.2. The summed E-state index contributed by atoms with van der Waals surface area (Å²) in [6, 6.07) is 5.20. The number of primary amides is 1. The summed E-state index contributed by atoms with van der Waals surface area (Å²) in [6.07, 6.45) is 2.46. The van der Waals surface area contributed by atoms with Crippen LogP contribution < -0.4 is 10.6 Å². The first-order valence-electron chi connectivity index (χ1n) is 14.0. The van der Waals surface area contributed by atoms with Gasteiger partial charge in [0.05, 0.1) is 12.0 Å². The Balaban J connectivity index is 1.73. The fourth-order valence-corrected chi connectivity index (χ4v) is 6.36. The van der Waals surface area contributed by atoms with E-state index in [1.165, 1.54) is 0 Å². The molecule has 3 fully saturated rings. The van der Waals surface area contributed by atoms with E-state index in [0.717, 1.165) is 57.7 Å². The summed E-state index contributed by atoms with van der Waals surface area (Å²) in [7, 11) is 0. The molecule has 8 heteroatoms. The number of rotatable bonds is 9. The van der Waals surface area contributed by atoms with Crippen molar-refractivity contribution < 1.29 is 19.1 Å². The smallest absolute Gasteiger partial charge is 0.249 e. The molecule has 3 aliphatic rings. The maximum atomic E-state index is 14.4. The summed E-state index contributed by atoms with van der Waals surface area (Å²) in [4.78, 5) is 46.4. The number of hydrogen-bond donors (Lipinski definition) is 1. The molecule has 8 nitrogen and oxygen atoms in total. The topological polar surface area (TPSA) is 96.2 Å². The van der Waals surface area contributed by atoms with Crippen LogP contribution in [-0.4, -0.2) is 85.4 Å².